The number of carbonyl (C=O) groups excluding carboxylic acids is 1. The van der Waals surface area contributed by atoms with Crippen molar-refractivity contribution in [2.75, 3.05) is 11.1 Å². The third-order valence-electron chi connectivity index (χ3n) is 4.28. The normalized spacial score (nSPS) is 10.9. The molecule has 0 atom stereocenters. The lowest BCUT2D eigenvalue weighted by atomic mass is 10.1. The van der Waals surface area contributed by atoms with Crippen LogP contribution in [0.3, 0.4) is 0 Å². The van der Waals surface area contributed by atoms with Gasteiger partial charge in [0.1, 0.15) is 12.4 Å². The molecule has 0 spiro atoms. The van der Waals surface area contributed by atoms with Gasteiger partial charge in [-0.05, 0) is 37.1 Å². The molecule has 6 nitrogen and oxygen atoms in total. The van der Waals surface area contributed by atoms with Crippen molar-refractivity contribution in [2.24, 2.45) is 7.05 Å². The number of benzene rings is 2. The summed E-state index contributed by atoms with van der Waals surface area (Å²) in [6, 6.07) is 9.02. The third-order valence-corrected chi connectivity index (χ3v) is 6.12. The first-order valence-electron chi connectivity index (χ1n) is 8.90. The molecule has 30 heavy (non-hydrogen) atoms. The number of aromatic nitrogens is 3. The van der Waals surface area contributed by atoms with Crippen LogP contribution in [0.2, 0.25) is 15.1 Å². The first kappa shape index (κ1) is 22.7. The van der Waals surface area contributed by atoms with Gasteiger partial charge in [0.15, 0.2) is 11.0 Å². The van der Waals surface area contributed by atoms with Gasteiger partial charge >= 0.3 is 0 Å². The van der Waals surface area contributed by atoms with Gasteiger partial charge in [0.2, 0.25) is 5.91 Å². The molecule has 0 saturated carbocycles. The molecule has 0 saturated heterocycles. The number of nitrogens with zero attached hydrogens (tertiary/aromatic N) is 3. The molecular weight excluding hydrogens is 467 g/mol. The van der Waals surface area contributed by atoms with E-state index in [0.29, 0.717) is 21.7 Å². The number of anilines is 1. The number of amides is 1. The number of carbonyl (C=O) groups is 1. The van der Waals surface area contributed by atoms with Crippen molar-refractivity contribution < 1.29 is 9.53 Å². The first-order chi connectivity index (χ1) is 14.3. The fourth-order valence-corrected chi connectivity index (χ4v) is 4.37. The monoisotopic (exact) mass is 484 g/mol. The number of rotatable bonds is 7. The number of halogens is 3. The van der Waals surface area contributed by atoms with E-state index in [4.69, 9.17) is 39.5 Å². The van der Waals surface area contributed by atoms with E-state index in [1.54, 1.807) is 4.57 Å². The van der Waals surface area contributed by atoms with Crippen LogP contribution in [0.5, 0.6) is 5.75 Å². The lowest BCUT2D eigenvalue weighted by Gasteiger charge is -2.11. The van der Waals surface area contributed by atoms with E-state index in [9.17, 15) is 4.79 Å². The highest BCUT2D eigenvalue weighted by molar-refractivity contribution is 7.99. The number of ether oxygens (including phenoxy) is 1. The highest BCUT2D eigenvalue weighted by atomic mass is 35.5. The third kappa shape index (κ3) is 5.40. The molecule has 0 bridgehead atoms. The summed E-state index contributed by atoms with van der Waals surface area (Å²) < 4.78 is 7.74. The minimum absolute atomic E-state index is 0.110. The van der Waals surface area contributed by atoms with Crippen LogP contribution in [0.1, 0.15) is 17.0 Å². The van der Waals surface area contributed by atoms with E-state index in [1.807, 2.05) is 39.1 Å². The van der Waals surface area contributed by atoms with Crippen LogP contribution in [0, 0.1) is 13.8 Å². The molecule has 1 N–H and O–H groups in total. The zero-order chi connectivity index (χ0) is 21.8. The molecule has 2 aromatic carbocycles. The summed E-state index contributed by atoms with van der Waals surface area (Å²) >= 11 is 19.3. The molecule has 1 amide bonds. The smallest absolute Gasteiger partial charge is 0.234 e. The largest absolute Gasteiger partial charge is 0.485 e. The van der Waals surface area contributed by atoms with Crippen LogP contribution in [0.15, 0.2) is 35.5 Å². The Bertz CT molecular complexity index is 1040. The Kier molecular flexibility index (Phi) is 7.52. The van der Waals surface area contributed by atoms with Crippen LogP contribution >= 0.6 is 46.6 Å². The summed E-state index contributed by atoms with van der Waals surface area (Å²) in [6.45, 7) is 4.27. The molecule has 0 unspecified atom stereocenters. The summed E-state index contributed by atoms with van der Waals surface area (Å²) in [6.07, 6.45) is 0. The maximum atomic E-state index is 12.3. The second-order valence-corrected chi connectivity index (χ2v) is 8.74. The van der Waals surface area contributed by atoms with E-state index in [0.717, 1.165) is 16.9 Å². The summed E-state index contributed by atoms with van der Waals surface area (Å²) in [5.41, 5.74) is 2.44. The highest BCUT2D eigenvalue weighted by Crippen LogP contribution is 2.34. The maximum Gasteiger partial charge on any atom is 0.234 e. The number of hydrogen-bond donors (Lipinski definition) is 1. The average Bonchev–Trinajstić information content (AvgIpc) is 3.02. The zero-order valence-electron chi connectivity index (χ0n) is 16.5. The lowest BCUT2D eigenvalue weighted by Crippen LogP contribution is -2.15. The molecule has 0 aliphatic rings. The molecule has 158 valence electrons. The van der Waals surface area contributed by atoms with Gasteiger partial charge in [-0.15, -0.1) is 10.2 Å². The van der Waals surface area contributed by atoms with Crippen LogP contribution in [-0.2, 0) is 18.4 Å². The second kappa shape index (κ2) is 9.92. The fraction of sp³-hybridized carbons (Fsp3) is 0.250. The molecule has 3 rings (SSSR count). The van der Waals surface area contributed by atoms with E-state index in [2.05, 4.69) is 15.5 Å². The van der Waals surface area contributed by atoms with Crippen molar-refractivity contribution >= 4 is 58.2 Å². The van der Waals surface area contributed by atoms with E-state index in [1.165, 1.54) is 23.9 Å². The Morgan fingerprint density at radius 1 is 1.13 bits per heavy atom. The summed E-state index contributed by atoms with van der Waals surface area (Å²) in [4.78, 5) is 12.3. The van der Waals surface area contributed by atoms with Crippen molar-refractivity contribution in [1.82, 2.24) is 14.8 Å². The molecule has 3 aromatic rings. The Morgan fingerprint density at radius 3 is 2.40 bits per heavy atom. The molecule has 1 heterocycles. The summed E-state index contributed by atoms with van der Waals surface area (Å²) in [5, 5.41) is 12.5. The first-order valence-corrected chi connectivity index (χ1v) is 11.0. The molecule has 0 aliphatic heterocycles. The van der Waals surface area contributed by atoms with Gasteiger partial charge in [0.05, 0.1) is 21.5 Å². The van der Waals surface area contributed by atoms with Gasteiger partial charge in [-0.25, -0.2) is 0 Å². The minimum atomic E-state index is -0.276. The van der Waals surface area contributed by atoms with Gasteiger partial charge in [-0.1, -0.05) is 64.8 Å². The van der Waals surface area contributed by atoms with E-state index >= 15 is 0 Å². The molecule has 0 aliphatic carbocycles. The standard InChI is InChI=1S/C20H19Cl3N4O2S/c1-11-5-4-6-12(2)19(11)29-9-16-25-26-20(27(16)3)30-10-17(28)24-18-14(22)7-13(21)8-15(18)23/h4-8H,9-10H2,1-3H3,(H,24,28). The van der Waals surface area contributed by atoms with Crippen LogP contribution in [0.4, 0.5) is 5.69 Å². The number of nitrogens with one attached hydrogen (secondary N) is 1. The SMILES string of the molecule is Cc1cccc(C)c1OCc1nnc(SCC(=O)Nc2c(Cl)cc(Cl)cc2Cl)n1C. The zero-order valence-corrected chi connectivity index (χ0v) is 19.6. The predicted molar refractivity (Wildman–Crippen MR) is 122 cm³/mol. The van der Waals surface area contributed by atoms with Gasteiger partial charge in [0.25, 0.3) is 0 Å². The van der Waals surface area contributed by atoms with Gasteiger partial charge in [-0.3, -0.25) is 4.79 Å². The Labute approximate surface area is 193 Å². The van der Waals surface area contributed by atoms with Crippen molar-refractivity contribution in [3.8, 4) is 5.75 Å². The number of thioether (sulfide) groups is 1. The molecule has 1 aromatic heterocycles. The fourth-order valence-electron chi connectivity index (χ4n) is 2.73. The van der Waals surface area contributed by atoms with E-state index < -0.39 is 0 Å². The summed E-state index contributed by atoms with van der Waals surface area (Å²) in [7, 11) is 1.83. The van der Waals surface area contributed by atoms with Crippen LogP contribution in [0.25, 0.3) is 0 Å². The van der Waals surface area contributed by atoms with Gasteiger partial charge < -0.3 is 14.6 Å². The predicted octanol–water partition coefficient (Wildman–Crippen LogP) is 5.70. The molecule has 0 radical (unpaired) electrons. The van der Waals surface area contributed by atoms with Gasteiger partial charge in [0, 0.05) is 12.1 Å². The highest BCUT2D eigenvalue weighted by Gasteiger charge is 2.15. The number of para-hydroxylation sites is 1. The quantitative estimate of drug-likeness (QED) is 0.435. The molecule has 0 fully saturated rings. The van der Waals surface area contributed by atoms with Crippen molar-refractivity contribution in [3.05, 3.63) is 62.4 Å². The van der Waals surface area contributed by atoms with Crippen LogP contribution < -0.4 is 10.1 Å². The Balaban J connectivity index is 1.59. The summed E-state index contributed by atoms with van der Waals surface area (Å²) in [5.74, 6) is 1.33. The Morgan fingerprint density at radius 2 is 1.77 bits per heavy atom. The van der Waals surface area contributed by atoms with Crippen LogP contribution in [-0.4, -0.2) is 26.4 Å². The Hall–Kier alpha value is -1.93. The number of aryl methyl sites for hydroxylation is 2. The minimum Gasteiger partial charge on any atom is -0.485 e. The molecular formula is C20H19Cl3N4O2S. The van der Waals surface area contributed by atoms with Crippen molar-refractivity contribution in [1.29, 1.82) is 0 Å². The number of hydrogen-bond acceptors (Lipinski definition) is 5. The van der Waals surface area contributed by atoms with E-state index in [-0.39, 0.29) is 28.3 Å². The maximum absolute atomic E-state index is 12.3. The van der Waals surface area contributed by atoms with Crippen molar-refractivity contribution in [2.45, 2.75) is 25.6 Å². The van der Waals surface area contributed by atoms with Crippen molar-refractivity contribution in [3.63, 3.8) is 0 Å². The van der Waals surface area contributed by atoms with Gasteiger partial charge in [-0.2, -0.15) is 0 Å². The lowest BCUT2D eigenvalue weighted by molar-refractivity contribution is -0.113. The molecule has 10 heteroatoms. The second-order valence-electron chi connectivity index (χ2n) is 6.55. The average molecular weight is 486 g/mol. The topological polar surface area (TPSA) is 69.0 Å².